The van der Waals surface area contributed by atoms with Crippen molar-refractivity contribution in [1.82, 2.24) is 28.7 Å². The molecule has 0 unspecified atom stereocenters. The van der Waals surface area contributed by atoms with Gasteiger partial charge >= 0.3 is 0 Å². The topological polar surface area (TPSA) is 53.5 Å². The number of fused-ring (bicyclic) bond motifs is 15. The van der Waals surface area contributed by atoms with Gasteiger partial charge in [-0.2, -0.15) is 0 Å². The average Bonchev–Trinajstić information content (AvgIpc) is 4.17. The molecule has 6 heteroatoms. The zero-order chi connectivity index (χ0) is 49.1. The van der Waals surface area contributed by atoms with Crippen LogP contribution in [-0.4, -0.2) is 28.7 Å². The van der Waals surface area contributed by atoms with Crippen LogP contribution in [0.25, 0.3) is 149 Å². The van der Waals surface area contributed by atoms with E-state index in [9.17, 15) is 0 Å². The molecule has 0 radical (unpaired) electrons. The fourth-order valence-electron chi connectivity index (χ4n) is 12.1. The summed E-state index contributed by atoms with van der Waals surface area (Å²) >= 11 is 0. The smallest absolute Gasteiger partial charge is 0.164 e. The largest absolute Gasteiger partial charge is 0.309 e. The lowest BCUT2D eigenvalue weighted by molar-refractivity contribution is 1.07. The normalized spacial score (nSPS) is 12.0. The standard InChI is InChI=1S/C69H42N6/c1-3-17-43(18-4-1)67-70-68(44-19-5-2-6-20-44)72-69(71-67)45-31-35-51-49-21-7-8-22-50(49)52-36-32-46(40-58(52)57(51)39-45)74-63-29-15-11-25-55(63)60-42-48(34-38-65(60)74)75-64-30-16-12-26-56(64)59-41-47(33-37-66(59)75)73-61-27-13-9-23-53(61)54-24-10-14-28-62(54)73/h1-42H. The highest BCUT2D eigenvalue weighted by Gasteiger charge is 2.21. The molecule has 16 rings (SSSR count). The van der Waals surface area contributed by atoms with E-state index in [1.807, 2.05) is 36.4 Å². The van der Waals surface area contributed by atoms with E-state index in [4.69, 9.17) is 15.0 Å². The number of benzene rings is 12. The quantitative estimate of drug-likeness (QED) is 0.156. The highest BCUT2D eigenvalue weighted by atomic mass is 15.0. The van der Waals surface area contributed by atoms with Crippen molar-refractivity contribution in [3.8, 4) is 51.2 Å². The van der Waals surface area contributed by atoms with Gasteiger partial charge in [-0.25, -0.2) is 15.0 Å². The van der Waals surface area contributed by atoms with Crippen molar-refractivity contribution < 1.29 is 0 Å². The van der Waals surface area contributed by atoms with Crippen LogP contribution < -0.4 is 0 Å². The van der Waals surface area contributed by atoms with Gasteiger partial charge in [-0.3, -0.25) is 0 Å². The fraction of sp³-hybridized carbons (Fsp3) is 0. The number of rotatable bonds is 6. The van der Waals surface area contributed by atoms with Crippen LogP contribution in [-0.2, 0) is 0 Å². The van der Waals surface area contributed by atoms with Crippen molar-refractivity contribution in [2.75, 3.05) is 0 Å². The molecule has 0 spiro atoms. The Morgan fingerprint density at radius 2 is 0.480 bits per heavy atom. The molecule has 0 N–H and O–H groups in total. The van der Waals surface area contributed by atoms with Gasteiger partial charge < -0.3 is 13.7 Å². The van der Waals surface area contributed by atoms with E-state index >= 15 is 0 Å². The summed E-state index contributed by atoms with van der Waals surface area (Å²) in [6, 6.07) is 91.8. The Morgan fingerprint density at radius 3 is 0.920 bits per heavy atom. The molecule has 0 aliphatic rings. The van der Waals surface area contributed by atoms with Gasteiger partial charge in [0.2, 0.25) is 0 Å². The molecule has 16 aromatic rings. The minimum Gasteiger partial charge on any atom is -0.309 e. The highest BCUT2D eigenvalue weighted by Crippen LogP contribution is 2.42. The Morgan fingerprint density at radius 1 is 0.187 bits per heavy atom. The lowest BCUT2D eigenvalue weighted by atomic mass is 9.93. The van der Waals surface area contributed by atoms with Crippen molar-refractivity contribution in [2.24, 2.45) is 0 Å². The minimum absolute atomic E-state index is 0.632. The molecule has 0 atom stereocenters. The van der Waals surface area contributed by atoms with E-state index in [-0.39, 0.29) is 0 Å². The Bertz CT molecular complexity index is 4890. The molecule has 4 heterocycles. The fourth-order valence-corrected chi connectivity index (χ4v) is 12.1. The number of hydrogen-bond acceptors (Lipinski definition) is 3. The molecule has 0 aliphatic heterocycles. The lowest BCUT2D eigenvalue weighted by Crippen LogP contribution is -2.00. The van der Waals surface area contributed by atoms with E-state index in [0.29, 0.717) is 17.5 Å². The second-order valence-corrected chi connectivity index (χ2v) is 19.6. The lowest BCUT2D eigenvalue weighted by Gasteiger charge is -2.15. The van der Waals surface area contributed by atoms with Crippen molar-refractivity contribution >= 4 is 97.7 Å². The molecule has 0 saturated carbocycles. The third kappa shape index (κ3) is 6.30. The molecule has 0 aliphatic carbocycles. The van der Waals surface area contributed by atoms with Crippen LogP contribution in [0.3, 0.4) is 0 Å². The molecule has 75 heavy (non-hydrogen) atoms. The van der Waals surface area contributed by atoms with Crippen LogP contribution in [0.5, 0.6) is 0 Å². The summed E-state index contributed by atoms with van der Waals surface area (Å²) in [6.07, 6.45) is 0. The third-order valence-corrected chi connectivity index (χ3v) is 15.4. The second kappa shape index (κ2) is 16.2. The average molecular weight is 955 g/mol. The van der Waals surface area contributed by atoms with Gasteiger partial charge in [-0.15, -0.1) is 0 Å². The summed E-state index contributed by atoms with van der Waals surface area (Å²) in [4.78, 5) is 15.3. The number of nitrogens with zero attached hydrogens (tertiary/aromatic N) is 6. The first-order valence-electron chi connectivity index (χ1n) is 25.5. The van der Waals surface area contributed by atoms with Crippen LogP contribution >= 0.6 is 0 Å². The predicted octanol–water partition coefficient (Wildman–Crippen LogP) is 17.6. The Kier molecular flexibility index (Phi) is 8.94. The molecule has 0 fully saturated rings. The van der Waals surface area contributed by atoms with Gasteiger partial charge in [-0.1, -0.05) is 176 Å². The SMILES string of the molecule is c1ccc(-c2nc(-c3ccccc3)nc(-c3ccc4c5ccccc5c5ccc(-n6c7ccccc7c7cc(-n8c9ccccc9c9cc(-n%10c%11ccccc%11c%11ccccc%11%10)ccc98)ccc76)cc5c4c3)n2)cc1. The van der Waals surface area contributed by atoms with E-state index < -0.39 is 0 Å². The first-order chi connectivity index (χ1) is 37.2. The molecule has 6 nitrogen and oxygen atoms in total. The van der Waals surface area contributed by atoms with Gasteiger partial charge in [0.15, 0.2) is 17.5 Å². The van der Waals surface area contributed by atoms with E-state index in [1.54, 1.807) is 0 Å². The van der Waals surface area contributed by atoms with Crippen molar-refractivity contribution in [1.29, 1.82) is 0 Å². The number of aromatic nitrogens is 6. The van der Waals surface area contributed by atoms with Gasteiger partial charge in [0.25, 0.3) is 0 Å². The molecule has 0 bridgehead atoms. The zero-order valence-electron chi connectivity index (χ0n) is 40.4. The van der Waals surface area contributed by atoms with E-state index in [0.717, 1.165) is 55.6 Å². The maximum atomic E-state index is 5.14. The Balaban J connectivity index is 0.877. The van der Waals surface area contributed by atoms with Crippen molar-refractivity contribution in [3.63, 3.8) is 0 Å². The minimum atomic E-state index is 0.632. The number of para-hydroxylation sites is 4. The summed E-state index contributed by atoms with van der Waals surface area (Å²) in [5, 5.41) is 14.5. The maximum absolute atomic E-state index is 5.14. The molecule has 4 aromatic heterocycles. The summed E-state index contributed by atoms with van der Waals surface area (Å²) in [6.45, 7) is 0. The summed E-state index contributed by atoms with van der Waals surface area (Å²) in [5.74, 6) is 1.91. The van der Waals surface area contributed by atoms with Gasteiger partial charge in [0, 0.05) is 66.1 Å². The van der Waals surface area contributed by atoms with Crippen LogP contribution in [0.4, 0.5) is 0 Å². The number of hydrogen-bond donors (Lipinski definition) is 0. The van der Waals surface area contributed by atoms with Crippen LogP contribution in [0.1, 0.15) is 0 Å². The summed E-state index contributed by atoms with van der Waals surface area (Å²) < 4.78 is 7.29. The molecule has 0 saturated heterocycles. The van der Waals surface area contributed by atoms with Crippen LogP contribution in [0.15, 0.2) is 255 Å². The summed E-state index contributed by atoms with van der Waals surface area (Å²) in [7, 11) is 0. The summed E-state index contributed by atoms with van der Waals surface area (Å²) in [5.41, 5.74) is 13.2. The van der Waals surface area contributed by atoms with E-state index in [1.165, 1.54) is 75.9 Å². The monoisotopic (exact) mass is 954 g/mol. The molecular formula is C69H42N6. The van der Waals surface area contributed by atoms with Crippen molar-refractivity contribution in [3.05, 3.63) is 255 Å². The molecule has 12 aromatic carbocycles. The predicted molar refractivity (Wildman–Crippen MR) is 312 cm³/mol. The maximum Gasteiger partial charge on any atom is 0.164 e. The first-order valence-corrected chi connectivity index (χ1v) is 25.5. The second-order valence-electron chi connectivity index (χ2n) is 19.6. The third-order valence-electron chi connectivity index (χ3n) is 15.4. The molecule has 0 amide bonds. The zero-order valence-corrected chi connectivity index (χ0v) is 40.4. The van der Waals surface area contributed by atoms with Gasteiger partial charge in [0.05, 0.1) is 33.1 Å². The molecule has 348 valence electrons. The highest BCUT2D eigenvalue weighted by molar-refractivity contribution is 6.26. The Hall–Kier alpha value is -10.2. The van der Waals surface area contributed by atoms with Gasteiger partial charge in [0.1, 0.15) is 0 Å². The van der Waals surface area contributed by atoms with Crippen molar-refractivity contribution in [2.45, 2.75) is 0 Å². The van der Waals surface area contributed by atoms with Crippen LogP contribution in [0.2, 0.25) is 0 Å². The van der Waals surface area contributed by atoms with Gasteiger partial charge in [-0.05, 0) is 111 Å². The first kappa shape index (κ1) is 41.4. The molecular weight excluding hydrogens is 913 g/mol. The van der Waals surface area contributed by atoms with Crippen LogP contribution in [0, 0.1) is 0 Å². The Labute approximate surface area is 430 Å². The van der Waals surface area contributed by atoms with E-state index in [2.05, 4.69) is 232 Å².